The first-order valence-electron chi connectivity index (χ1n) is 11.1. The Morgan fingerprint density at radius 3 is 2.67 bits per heavy atom. The van der Waals surface area contributed by atoms with Crippen LogP contribution in [0.5, 0.6) is 11.5 Å². The third kappa shape index (κ3) is 3.21. The molecule has 1 fully saturated rings. The summed E-state index contributed by atoms with van der Waals surface area (Å²) in [5, 5.41) is 4.15. The lowest BCUT2D eigenvalue weighted by Crippen LogP contribution is -2.48. The minimum absolute atomic E-state index is 0.129. The van der Waals surface area contributed by atoms with Gasteiger partial charge in [0.05, 0.1) is 5.41 Å². The first kappa shape index (κ1) is 22.6. The Bertz CT molecular complexity index is 1500. The van der Waals surface area contributed by atoms with Gasteiger partial charge in [0.1, 0.15) is 34.9 Å². The number of hydrogen-bond acceptors (Lipinski definition) is 6. The van der Waals surface area contributed by atoms with E-state index in [1.165, 1.54) is 27.7 Å². The maximum absolute atomic E-state index is 14.2. The summed E-state index contributed by atoms with van der Waals surface area (Å²) < 4.78 is 65.0. The predicted octanol–water partition coefficient (Wildman–Crippen LogP) is 2.72. The van der Waals surface area contributed by atoms with Gasteiger partial charge < -0.3 is 18.9 Å². The number of aryl methyl sites for hydroxylation is 1. The molecule has 2 aromatic heterocycles. The Morgan fingerprint density at radius 2 is 1.97 bits per heavy atom. The minimum Gasteiger partial charge on any atom is -0.486 e. The molecule has 36 heavy (non-hydrogen) atoms. The number of ether oxygens (including phenoxy) is 2. The third-order valence-corrected chi connectivity index (χ3v) is 7.20. The second-order valence-corrected chi connectivity index (χ2v) is 9.44. The summed E-state index contributed by atoms with van der Waals surface area (Å²) in [5.41, 5.74) is -1.21. The zero-order valence-corrected chi connectivity index (χ0v) is 19.1. The highest BCUT2D eigenvalue weighted by molar-refractivity contribution is 5.93. The molecular formula is C23H19F4N5O4. The van der Waals surface area contributed by atoms with Gasteiger partial charge in [-0.15, -0.1) is 13.2 Å². The average Bonchev–Trinajstić information content (AvgIpc) is 3.04. The largest absolute Gasteiger partial charge is 0.573 e. The van der Waals surface area contributed by atoms with E-state index < -0.39 is 40.4 Å². The number of nitrogens with zero attached hydrogens (tertiary/aromatic N) is 5. The van der Waals surface area contributed by atoms with Crippen LogP contribution in [-0.4, -0.2) is 55.2 Å². The number of carbonyl (C=O) groups is 1. The molecule has 1 amide bonds. The van der Waals surface area contributed by atoms with Crippen molar-refractivity contribution in [2.24, 2.45) is 0 Å². The van der Waals surface area contributed by atoms with E-state index >= 15 is 0 Å². The maximum atomic E-state index is 14.2. The summed E-state index contributed by atoms with van der Waals surface area (Å²) >= 11 is 0. The van der Waals surface area contributed by atoms with Gasteiger partial charge in [0.2, 0.25) is 0 Å². The van der Waals surface area contributed by atoms with E-state index in [0.717, 1.165) is 12.1 Å². The molecule has 4 heterocycles. The summed E-state index contributed by atoms with van der Waals surface area (Å²) in [7, 11) is 0. The van der Waals surface area contributed by atoms with Gasteiger partial charge in [0.25, 0.3) is 11.5 Å². The summed E-state index contributed by atoms with van der Waals surface area (Å²) in [6.07, 6.45) is -3.20. The van der Waals surface area contributed by atoms with Crippen molar-refractivity contribution in [3.63, 3.8) is 0 Å². The standard InChI is InChI=1S/C23H19F4N5O4/c1-12-28-11-32(29-12)16-4-3-15-19(33)30(5-6-31(15)20(16)34)10-22-9-21(22,2)35-17-8-14(24)18(7-13(17)22)36-23(25,26)27/h3-4,7-8,11H,5-6,9-10H2,1-2H3/t21-,22+/m0/s1. The van der Waals surface area contributed by atoms with E-state index in [4.69, 9.17) is 4.74 Å². The minimum atomic E-state index is -5.06. The normalized spacial score (nSPS) is 24.2. The Morgan fingerprint density at radius 1 is 1.19 bits per heavy atom. The van der Waals surface area contributed by atoms with E-state index in [1.807, 2.05) is 0 Å². The van der Waals surface area contributed by atoms with Gasteiger partial charge in [0.15, 0.2) is 11.6 Å². The molecule has 13 heteroatoms. The molecule has 0 bridgehead atoms. The predicted molar refractivity (Wildman–Crippen MR) is 115 cm³/mol. The van der Waals surface area contributed by atoms with E-state index in [1.54, 1.807) is 18.7 Å². The first-order valence-corrected chi connectivity index (χ1v) is 11.1. The molecule has 0 radical (unpaired) electrons. The smallest absolute Gasteiger partial charge is 0.486 e. The van der Waals surface area contributed by atoms with Crippen molar-refractivity contribution in [1.82, 2.24) is 24.2 Å². The van der Waals surface area contributed by atoms with Crippen molar-refractivity contribution in [1.29, 1.82) is 0 Å². The molecule has 1 saturated carbocycles. The van der Waals surface area contributed by atoms with Crippen molar-refractivity contribution >= 4 is 5.91 Å². The zero-order chi connectivity index (χ0) is 25.6. The van der Waals surface area contributed by atoms with Gasteiger partial charge in [-0.25, -0.2) is 14.1 Å². The van der Waals surface area contributed by atoms with Crippen LogP contribution in [0.3, 0.4) is 0 Å². The lowest BCUT2D eigenvalue weighted by molar-refractivity contribution is -0.275. The quantitative estimate of drug-likeness (QED) is 0.507. The van der Waals surface area contributed by atoms with Crippen molar-refractivity contribution in [3.05, 3.63) is 63.8 Å². The SMILES string of the molecule is Cc1ncn(-c2ccc3n(c2=O)CCN(C[C@@]24C[C@]2(C)Oc2cc(F)c(OC(F)(F)F)cc24)C3=O)n1. The fraction of sp³-hybridized carbons (Fsp3) is 0.391. The van der Waals surface area contributed by atoms with Crippen LogP contribution >= 0.6 is 0 Å². The average molecular weight is 505 g/mol. The molecule has 0 spiro atoms. The van der Waals surface area contributed by atoms with Crippen molar-refractivity contribution in [3.8, 4) is 17.2 Å². The van der Waals surface area contributed by atoms with Crippen LogP contribution in [0.25, 0.3) is 5.69 Å². The fourth-order valence-electron chi connectivity index (χ4n) is 5.37. The second kappa shape index (κ2) is 7.08. The number of rotatable bonds is 4. The van der Waals surface area contributed by atoms with Crippen molar-refractivity contribution < 1.29 is 31.8 Å². The molecule has 2 aliphatic heterocycles. The van der Waals surface area contributed by atoms with E-state index in [0.29, 0.717) is 17.8 Å². The molecule has 0 saturated heterocycles. The second-order valence-electron chi connectivity index (χ2n) is 9.44. The van der Waals surface area contributed by atoms with Crippen LogP contribution in [0.2, 0.25) is 0 Å². The van der Waals surface area contributed by atoms with E-state index in [2.05, 4.69) is 14.8 Å². The van der Waals surface area contributed by atoms with Crippen LogP contribution in [0.4, 0.5) is 17.6 Å². The Labute approximate surface area is 200 Å². The van der Waals surface area contributed by atoms with Gasteiger partial charge >= 0.3 is 6.36 Å². The van der Waals surface area contributed by atoms with Gasteiger partial charge in [-0.05, 0) is 32.0 Å². The van der Waals surface area contributed by atoms with Gasteiger partial charge in [-0.2, -0.15) is 5.10 Å². The van der Waals surface area contributed by atoms with E-state index in [-0.39, 0.29) is 36.8 Å². The maximum Gasteiger partial charge on any atom is 0.573 e. The van der Waals surface area contributed by atoms with Gasteiger partial charge in [-0.1, -0.05) is 0 Å². The van der Waals surface area contributed by atoms with Crippen LogP contribution in [0, 0.1) is 12.7 Å². The molecule has 3 aliphatic rings. The molecular weight excluding hydrogens is 486 g/mol. The molecule has 2 atom stereocenters. The number of aromatic nitrogens is 4. The molecule has 6 rings (SSSR count). The number of alkyl halides is 3. The highest BCUT2D eigenvalue weighted by Crippen LogP contribution is 2.67. The van der Waals surface area contributed by atoms with Crippen LogP contribution < -0.4 is 15.0 Å². The number of hydrogen-bond donors (Lipinski definition) is 0. The number of benzene rings is 1. The van der Waals surface area contributed by atoms with Crippen LogP contribution in [0.1, 0.15) is 35.2 Å². The number of fused-ring (bicyclic) bond motifs is 4. The van der Waals surface area contributed by atoms with Gasteiger partial charge in [0, 0.05) is 37.7 Å². The lowest BCUT2D eigenvalue weighted by atomic mass is 9.92. The number of carbonyl (C=O) groups excluding carboxylic acids is 1. The molecule has 1 aromatic carbocycles. The Hall–Kier alpha value is -3.90. The molecule has 188 valence electrons. The molecule has 0 unspecified atom stereocenters. The molecule has 0 N–H and O–H groups in total. The number of amides is 1. The molecule has 1 aliphatic carbocycles. The van der Waals surface area contributed by atoms with Crippen molar-refractivity contribution in [2.45, 2.75) is 44.2 Å². The first-order chi connectivity index (χ1) is 16.9. The number of halogens is 4. The Balaban J connectivity index is 1.31. The van der Waals surface area contributed by atoms with Crippen LogP contribution in [0.15, 0.2) is 35.4 Å². The topological polar surface area (TPSA) is 91.5 Å². The third-order valence-electron chi connectivity index (χ3n) is 7.20. The summed E-state index contributed by atoms with van der Waals surface area (Å²) in [5.74, 6) is -1.91. The highest BCUT2D eigenvalue weighted by atomic mass is 19.4. The van der Waals surface area contributed by atoms with Crippen molar-refractivity contribution in [2.75, 3.05) is 13.1 Å². The Kier molecular flexibility index (Phi) is 4.43. The van der Waals surface area contributed by atoms with E-state index in [9.17, 15) is 27.2 Å². The zero-order valence-electron chi connectivity index (χ0n) is 19.1. The molecule has 3 aromatic rings. The lowest BCUT2D eigenvalue weighted by Gasteiger charge is -2.32. The highest BCUT2D eigenvalue weighted by Gasteiger charge is 2.73. The monoisotopic (exact) mass is 505 g/mol. The molecule has 9 nitrogen and oxygen atoms in total. The fourth-order valence-corrected chi connectivity index (χ4v) is 5.37. The number of pyridine rings is 1. The van der Waals surface area contributed by atoms with Gasteiger partial charge in [-0.3, -0.25) is 9.59 Å². The summed E-state index contributed by atoms with van der Waals surface area (Å²) in [6, 6.07) is 4.93. The summed E-state index contributed by atoms with van der Waals surface area (Å²) in [4.78, 5) is 32.0. The summed E-state index contributed by atoms with van der Waals surface area (Å²) in [6.45, 7) is 4.01. The van der Waals surface area contributed by atoms with Crippen LogP contribution in [-0.2, 0) is 12.0 Å².